The van der Waals surface area contributed by atoms with Crippen LogP contribution in [0.4, 0.5) is 5.82 Å². The van der Waals surface area contributed by atoms with Gasteiger partial charge in [0.1, 0.15) is 17.3 Å². The molecular formula is C22H29N5O3. The number of aliphatic hydroxyl groups excluding tert-OH is 1. The van der Waals surface area contributed by atoms with Gasteiger partial charge in [-0.15, -0.1) is 0 Å². The van der Waals surface area contributed by atoms with Crippen molar-refractivity contribution in [2.45, 2.75) is 57.1 Å². The van der Waals surface area contributed by atoms with E-state index in [0.29, 0.717) is 17.3 Å². The minimum atomic E-state index is -0.456. The maximum Gasteiger partial charge on any atom is 0.239 e. The molecule has 8 heteroatoms. The average molecular weight is 412 g/mol. The normalized spacial score (nSPS) is 20.5. The van der Waals surface area contributed by atoms with Crippen molar-refractivity contribution in [1.29, 1.82) is 0 Å². The Kier molecular flexibility index (Phi) is 6.13. The van der Waals surface area contributed by atoms with E-state index in [1.807, 2.05) is 18.0 Å². The van der Waals surface area contributed by atoms with Crippen LogP contribution in [0.5, 0.6) is 5.75 Å². The predicted octanol–water partition coefficient (Wildman–Crippen LogP) is 1.89. The third-order valence-corrected chi connectivity index (χ3v) is 5.93. The molecule has 0 radical (unpaired) electrons. The molecule has 2 aliphatic carbocycles. The van der Waals surface area contributed by atoms with Crippen molar-refractivity contribution in [3.8, 4) is 17.3 Å². The first-order valence-electron chi connectivity index (χ1n) is 10.6. The van der Waals surface area contributed by atoms with Gasteiger partial charge in [-0.3, -0.25) is 9.78 Å². The fraction of sp³-hybridized carbons (Fsp3) is 0.545. The quantitative estimate of drug-likeness (QED) is 0.749. The number of nitrogens with zero attached hydrogens (tertiary/aromatic N) is 4. The van der Waals surface area contributed by atoms with Gasteiger partial charge in [-0.05, 0) is 38.2 Å². The molecule has 2 aromatic rings. The fourth-order valence-electron chi connectivity index (χ4n) is 4.33. The van der Waals surface area contributed by atoms with E-state index in [0.717, 1.165) is 62.0 Å². The van der Waals surface area contributed by atoms with Crippen molar-refractivity contribution in [2.75, 3.05) is 25.6 Å². The van der Waals surface area contributed by atoms with E-state index in [4.69, 9.17) is 14.7 Å². The number of aryl methyl sites for hydroxylation is 1. The van der Waals surface area contributed by atoms with Crippen LogP contribution in [0, 0.1) is 0 Å². The number of ether oxygens (including phenoxy) is 1. The summed E-state index contributed by atoms with van der Waals surface area (Å²) in [5.41, 5.74) is 2.78. The van der Waals surface area contributed by atoms with Crippen molar-refractivity contribution in [1.82, 2.24) is 20.3 Å². The molecule has 0 bridgehead atoms. The summed E-state index contributed by atoms with van der Waals surface area (Å²) in [7, 11) is 3.49. The van der Waals surface area contributed by atoms with Gasteiger partial charge in [0.2, 0.25) is 5.91 Å². The average Bonchev–Trinajstić information content (AvgIpc) is 3.23. The first-order valence-corrected chi connectivity index (χ1v) is 10.6. The summed E-state index contributed by atoms with van der Waals surface area (Å²) in [6.45, 7) is 0.178. The Balaban J connectivity index is 1.55. The molecule has 2 aromatic heterocycles. The largest absolute Gasteiger partial charge is 0.497 e. The molecule has 8 nitrogen and oxygen atoms in total. The molecule has 1 saturated carbocycles. The number of amides is 1. The summed E-state index contributed by atoms with van der Waals surface area (Å²) in [5.74, 6) is 1.91. The lowest BCUT2D eigenvalue weighted by Gasteiger charge is -2.29. The number of carbonyl (C=O) groups is 1. The lowest BCUT2D eigenvalue weighted by Crippen LogP contribution is -2.48. The van der Waals surface area contributed by atoms with Crippen molar-refractivity contribution in [3.05, 3.63) is 29.6 Å². The highest BCUT2D eigenvalue weighted by Crippen LogP contribution is 2.31. The number of carbonyl (C=O) groups excluding carboxylic acids is 1. The molecule has 2 atom stereocenters. The van der Waals surface area contributed by atoms with E-state index in [2.05, 4.69) is 10.3 Å². The van der Waals surface area contributed by atoms with Crippen LogP contribution in [-0.2, 0) is 17.6 Å². The number of anilines is 1. The molecule has 30 heavy (non-hydrogen) atoms. The van der Waals surface area contributed by atoms with Crippen LogP contribution in [0.3, 0.4) is 0 Å². The second-order valence-electron chi connectivity index (χ2n) is 8.11. The van der Waals surface area contributed by atoms with Gasteiger partial charge in [-0.1, -0.05) is 12.8 Å². The molecule has 1 unspecified atom stereocenters. The van der Waals surface area contributed by atoms with E-state index in [1.54, 1.807) is 19.4 Å². The van der Waals surface area contributed by atoms with Crippen LogP contribution in [-0.4, -0.2) is 58.8 Å². The monoisotopic (exact) mass is 411 g/mol. The number of aromatic nitrogens is 3. The van der Waals surface area contributed by atoms with Gasteiger partial charge in [-0.2, -0.15) is 0 Å². The smallest absolute Gasteiger partial charge is 0.239 e. The zero-order chi connectivity index (χ0) is 21.1. The molecule has 1 fully saturated rings. The minimum Gasteiger partial charge on any atom is -0.497 e. The van der Waals surface area contributed by atoms with Crippen LogP contribution in [0.15, 0.2) is 18.3 Å². The summed E-state index contributed by atoms with van der Waals surface area (Å²) in [6, 6.07) is 3.44. The standard InChI is InChI=1S/C22H29N5O3/c1-27(13-20(29)24-17-7-3-4-9-19(17)28)22-15-6-5-8-16(15)25-21(26-22)18-12-14(30-2)10-11-23-18/h10-12,17,19,28H,3-9,13H2,1-2H3,(H,24,29)/t17?,19-/m0/s1. The van der Waals surface area contributed by atoms with Gasteiger partial charge in [-0.25, -0.2) is 9.97 Å². The van der Waals surface area contributed by atoms with Crippen LogP contribution >= 0.6 is 0 Å². The Morgan fingerprint density at radius 2 is 2.10 bits per heavy atom. The third-order valence-electron chi connectivity index (χ3n) is 5.93. The highest BCUT2D eigenvalue weighted by atomic mass is 16.5. The predicted molar refractivity (Wildman–Crippen MR) is 114 cm³/mol. The number of nitrogens with one attached hydrogen (secondary N) is 1. The molecule has 2 heterocycles. The van der Waals surface area contributed by atoms with Crippen LogP contribution in [0.2, 0.25) is 0 Å². The number of rotatable bonds is 6. The molecular weight excluding hydrogens is 382 g/mol. The Morgan fingerprint density at radius 3 is 2.90 bits per heavy atom. The molecule has 2 N–H and O–H groups in total. The number of methoxy groups -OCH3 is 1. The molecule has 0 spiro atoms. The van der Waals surface area contributed by atoms with E-state index < -0.39 is 6.10 Å². The van der Waals surface area contributed by atoms with Gasteiger partial charge in [0.05, 0.1) is 25.8 Å². The number of aliphatic hydroxyl groups is 1. The lowest BCUT2D eigenvalue weighted by atomic mass is 9.92. The Morgan fingerprint density at radius 1 is 1.27 bits per heavy atom. The van der Waals surface area contributed by atoms with E-state index in [9.17, 15) is 9.90 Å². The summed E-state index contributed by atoms with van der Waals surface area (Å²) >= 11 is 0. The van der Waals surface area contributed by atoms with Crippen molar-refractivity contribution in [2.24, 2.45) is 0 Å². The Hall–Kier alpha value is -2.74. The van der Waals surface area contributed by atoms with E-state index in [-0.39, 0.29) is 18.5 Å². The SMILES string of the molecule is COc1ccnc(-c2nc3c(c(N(C)CC(=O)NC4CCCC[C@@H]4O)n2)CCC3)c1. The maximum absolute atomic E-state index is 12.6. The zero-order valence-corrected chi connectivity index (χ0v) is 17.6. The molecule has 2 aliphatic rings. The second-order valence-corrected chi connectivity index (χ2v) is 8.11. The topological polar surface area (TPSA) is 100 Å². The lowest BCUT2D eigenvalue weighted by molar-refractivity contribution is -0.121. The van der Waals surface area contributed by atoms with E-state index in [1.165, 1.54) is 0 Å². The number of fused-ring (bicyclic) bond motifs is 1. The molecule has 4 rings (SSSR count). The van der Waals surface area contributed by atoms with Crippen LogP contribution < -0.4 is 15.0 Å². The summed E-state index contributed by atoms with van der Waals surface area (Å²) in [5, 5.41) is 13.1. The Labute approximate surface area is 176 Å². The number of hydrogen-bond donors (Lipinski definition) is 2. The van der Waals surface area contributed by atoms with Gasteiger partial charge in [0, 0.05) is 30.6 Å². The summed E-state index contributed by atoms with van der Waals surface area (Å²) in [6.07, 6.45) is 7.68. The minimum absolute atomic E-state index is 0.102. The Bertz CT molecular complexity index is 920. The van der Waals surface area contributed by atoms with Gasteiger partial charge in [0.25, 0.3) is 0 Å². The van der Waals surface area contributed by atoms with Crippen LogP contribution in [0.25, 0.3) is 11.5 Å². The van der Waals surface area contributed by atoms with E-state index >= 15 is 0 Å². The molecule has 1 amide bonds. The highest BCUT2D eigenvalue weighted by Gasteiger charge is 2.27. The summed E-state index contributed by atoms with van der Waals surface area (Å²) in [4.78, 5) is 28.4. The van der Waals surface area contributed by atoms with Gasteiger partial charge >= 0.3 is 0 Å². The van der Waals surface area contributed by atoms with Crippen molar-refractivity contribution in [3.63, 3.8) is 0 Å². The molecule has 0 aliphatic heterocycles. The van der Waals surface area contributed by atoms with Gasteiger partial charge in [0.15, 0.2) is 5.82 Å². The highest BCUT2D eigenvalue weighted by molar-refractivity contribution is 5.81. The summed E-state index contributed by atoms with van der Waals surface area (Å²) < 4.78 is 5.30. The van der Waals surface area contributed by atoms with Crippen molar-refractivity contribution < 1.29 is 14.6 Å². The van der Waals surface area contributed by atoms with Gasteiger partial charge < -0.3 is 20.1 Å². The van der Waals surface area contributed by atoms with Crippen LogP contribution in [0.1, 0.15) is 43.4 Å². The fourth-order valence-corrected chi connectivity index (χ4v) is 4.33. The third kappa shape index (κ3) is 4.38. The number of hydrogen-bond acceptors (Lipinski definition) is 7. The molecule has 160 valence electrons. The maximum atomic E-state index is 12.6. The van der Waals surface area contributed by atoms with Crippen molar-refractivity contribution >= 4 is 11.7 Å². The molecule has 0 saturated heterocycles. The number of likely N-dealkylation sites (N-methyl/N-ethyl adjacent to an activating group) is 1. The second kappa shape index (κ2) is 8.95. The number of pyridine rings is 1. The first-order chi connectivity index (χ1) is 14.5. The zero-order valence-electron chi connectivity index (χ0n) is 17.6. The first kappa shape index (κ1) is 20.5. The molecule has 0 aromatic carbocycles.